The molecule has 1 fully saturated rings. The molecule has 7 heteroatoms. The Hall–Kier alpha value is -3.06. The number of nitrogens with one attached hydrogen (secondary N) is 1. The third kappa shape index (κ3) is 5.40. The van der Waals surface area contributed by atoms with Crippen LogP contribution in [0.4, 0.5) is 10.1 Å². The van der Waals surface area contributed by atoms with E-state index < -0.39 is 11.9 Å². The van der Waals surface area contributed by atoms with Crippen molar-refractivity contribution in [2.24, 2.45) is 0 Å². The SMILES string of the molecule is O=C(NC1CCCCC1)[C@H](c1cccnc1)N(C(=O)Cc1cccs1)c1cccc(F)c1. The average Bonchev–Trinajstić information content (AvgIpc) is 3.31. The predicted molar refractivity (Wildman–Crippen MR) is 124 cm³/mol. The number of pyridine rings is 1. The summed E-state index contributed by atoms with van der Waals surface area (Å²) in [6.45, 7) is 0. The Morgan fingerprint density at radius 2 is 1.97 bits per heavy atom. The van der Waals surface area contributed by atoms with Crippen LogP contribution < -0.4 is 10.2 Å². The zero-order valence-corrected chi connectivity index (χ0v) is 18.6. The van der Waals surface area contributed by atoms with Gasteiger partial charge in [0.1, 0.15) is 11.9 Å². The number of anilines is 1. The van der Waals surface area contributed by atoms with E-state index in [4.69, 9.17) is 0 Å². The van der Waals surface area contributed by atoms with E-state index in [0.717, 1.165) is 30.6 Å². The second kappa shape index (κ2) is 10.5. The molecule has 0 saturated heterocycles. The van der Waals surface area contributed by atoms with Crippen LogP contribution in [-0.4, -0.2) is 22.8 Å². The van der Waals surface area contributed by atoms with Gasteiger partial charge in [-0.2, -0.15) is 0 Å². The summed E-state index contributed by atoms with van der Waals surface area (Å²) in [4.78, 5) is 33.6. The zero-order valence-electron chi connectivity index (χ0n) is 17.7. The first-order chi connectivity index (χ1) is 15.6. The number of hydrogen-bond acceptors (Lipinski definition) is 4. The van der Waals surface area contributed by atoms with E-state index in [-0.39, 0.29) is 24.3 Å². The van der Waals surface area contributed by atoms with Crippen LogP contribution in [0.5, 0.6) is 0 Å². The number of amides is 2. The molecule has 1 N–H and O–H groups in total. The van der Waals surface area contributed by atoms with E-state index >= 15 is 0 Å². The average molecular weight is 452 g/mol. The standard InChI is InChI=1S/C25H26FN3O2S/c26-19-8-4-11-21(15-19)29(23(30)16-22-12-6-14-32-22)24(18-7-5-13-27-17-18)25(31)28-20-9-2-1-3-10-20/h4-8,11-15,17,20,24H,1-3,9-10,16H2,(H,28,31)/t24-/m0/s1. The number of aromatic nitrogens is 1. The molecule has 0 aliphatic heterocycles. The number of thiophene rings is 1. The van der Waals surface area contributed by atoms with Gasteiger partial charge in [0, 0.05) is 34.6 Å². The molecule has 2 amide bonds. The van der Waals surface area contributed by atoms with Crippen LogP contribution >= 0.6 is 11.3 Å². The minimum absolute atomic E-state index is 0.0807. The summed E-state index contributed by atoms with van der Waals surface area (Å²) in [5.74, 6) is -1.01. The molecule has 32 heavy (non-hydrogen) atoms. The fraction of sp³-hybridized carbons (Fsp3) is 0.320. The highest BCUT2D eigenvalue weighted by Gasteiger charge is 2.34. The highest BCUT2D eigenvalue weighted by molar-refractivity contribution is 7.10. The number of hydrogen-bond donors (Lipinski definition) is 1. The first-order valence-electron chi connectivity index (χ1n) is 10.9. The summed E-state index contributed by atoms with van der Waals surface area (Å²) in [6, 6.07) is 12.3. The van der Waals surface area contributed by atoms with Crippen LogP contribution in [0, 0.1) is 5.82 Å². The predicted octanol–water partition coefficient (Wildman–Crippen LogP) is 5.05. The van der Waals surface area contributed by atoms with Crippen molar-refractivity contribution in [2.45, 2.75) is 50.6 Å². The van der Waals surface area contributed by atoms with Crippen LogP contribution in [-0.2, 0) is 16.0 Å². The molecule has 0 unspecified atom stereocenters. The van der Waals surface area contributed by atoms with E-state index in [0.29, 0.717) is 11.3 Å². The zero-order chi connectivity index (χ0) is 22.3. The summed E-state index contributed by atoms with van der Waals surface area (Å²) in [7, 11) is 0. The molecule has 0 spiro atoms. The maximum absolute atomic E-state index is 14.2. The first kappa shape index (κ1) is 22.1. The summed E-state index contributed by atoms with van der Waals surface area (Å²) >= 11 is 1.48. The molecule has 3 aromatic rings. The molecule has 1 aliphatic carbocycles. The molecule has 2 heterocycles. The van der Waals surface area contributed by atoms with E-state index in [2.05, 4.69) is 10.3 Å². The minimum atomic E-state index is -0.945. The van der Waals surface area contributed by atoms with Crippen LogP contribution in [0.15, 0.2) is 66.3 Å². The summed E-state index contributed by atoms with van der Waals surface area (Å²) < 4.78 is 14.2. The normalized spacial score (nSPS) is 15.2. The summed E-state index contributed by atoms with van der Waals surface area (Å²) in [6.07, 6.45) is 8.52. The molecule has 1 aromatic carbocycles. The van der Waals surface area contributed by atoms with Crippen LogP contribution in [0.25, 0.3) is 0 Å². The first-order valence-corrected chi connectivity index (χ1v) is 11.8. The van der Waals surface area contributed by atoms with Crippen LogP contribution in [0.2, 0.25) is 0 Å². The van der Waals surface area contributed by atoms with Gasteiger partial charge in [-0.05, 0) is 48.6 Å². The van der Waals surface area contributed by atoms with Crippen molar-refractivity contribution in [3.05, 3.63) is 82.6 Å². The largest absolute Gasteiger partial charge is 0.351 e. The van der Waals surface area contributed by atoms with E-state index in [1.807, 2.05) is 17.5 Å². The van der Waals surface area contributed by atoms with Gasteiger partial charge in [-0.15, -0.1) is 11.3 Å². The molecule has 1 atom stereocenters. The molecule has 166 valence electrons. The van der Waals surface area contributed by atoms with Crippen molar-refractivity contribution in [1.29, 1.82) is 0 Å². The van der Waals surface area contributed by atoms with Crippen LogP contribution in [0.1, 0.15) is 48.6 Å². The molecular weight excluding hydrogens is 425 g/mol. The maximum Gasteiger partial charge on any atom is 0.248 e. The topological polar surface area (TPSA) is 62.3 Å². The number of carbonyl (C=O) groups excluding carboxylic acids is 2. The van der Waals surface area contributed by atoms with Crippen molar-refractivity contribution in [2.75, 3.05) is 4.90 Å². The lowest BCUT2D eigenvalue weighted by molar-refractivity contribution is -0.127. The number of carbonyl (C=O) groups is 2. The lowest BCUT2D eigenvalue weighted by atomic mass is 9.94. The van der Waals surface area contributed by atoms with Crippen molar-refractivity contribution in [3.8, 4) is 0 Å². The van der Waals surface area contributed by atoms with Gasteiger partial charge in [0.05, 0.1) is 6.42 Å². The molecule has 2 aromatic heterocycles. The molecule has 5 nitrogen and oxygen atoms in total. The fourth-order valence-corrected chi connectivity index (χ4v) is 4.89. The molecule has 0 radical (unpaired) electrons. The molecular formula is C25H26FN3O2S. The Balaban J connectivity index is 1.72. The van der Waals surface area contributed by atoms with Crippen molar-refractivity contribution < 1.29 is 14.0 Å². The second-order valence-corrected chi connectivity index (χ2v) is 9.06. The molecule has 1 saturated carbocycles. The summed E-state index contributed by atoms with van der Waals surface area (Å²) in [5, 5.41) is 5.05. The number of benzene rings is 1. The highest BCUT2D eigenvalue weighted by Crippen LogP contribution is 2.30. The summed E-state index contributed by atoms with van der Waals surface area (Å²) in [5.41, 5.74) is 0.934. The Morgan fingerprint density at radius 1 is 1.12 bits per heavy atom. The lowest BCUT2D eigenvalue weighted by Crippen LogP contribution is -2.47. The van der Waals surface area contributed by atoms with Crippen LogP contribution in [0.3, 0.4) is 0 Å². The van der Waals surface area contributed by atoms with Crippen molar-refractivity contribution >= 4 is 28.8 Å². The van der Waals surface area contributed by atoms with E-state index in [1.54, 1.807) is 36.7 Å². The van der Waals surface area contributed by atoms with Crippen molar-refractivity contribution in [1.82, 2.24) is 10.3 Å². The Morgan fingerprint density at radius 3 is 2.66 bits per heavy atom. The number of halogens is 1. The lowest BCUT2D eigenvalue weighted by Gasteiger charge is -2.33. The fourth-order valence-electron chi connectivity index (χ4n) is 4.19. The van der Waals surface area contributed by atoms with Gasteiger partial charge in [-0.1, -0.05) is 37.5 Å². The highest BCUT2D eigenvalue weighted by atomic mass is 32.1. The van der Waals surface area contributed by atoms with Crippen molar-refractivity contribution in [3.63, 3.8) is 0 Å². The Labute approximate surface area is 191 Å². The number of rotatable bonds is 7. The molecule has 4 rings (SSSR count). The van der Waals surface area contributed by atoms with Gasteiger partial charge >= 0.3 is 0 Å². The third-order valence-electron chi connectivity index (χ3n) is 5.72. The van der Waals surface area contributed by atoms with Gasteiger partial charge in [-0.3, -0.25) is 19.5 Å². The smallest absolute Gasteiger partial charge is 0.248 e. The molecule has 0 bridgehead atoms. The monoisotopic (exact) mass is 451 g/mol. The third-order valence-corrected chi connectivity index (χ3v) is 6.60. The van der Waals surface area contributed by atoms with Gasteiger partial charge < -0.3 is 5.32 Å². The molecule has 1 aliphatic rings. The van der Waals surface area contributed by atoms with Gasteiger partial charge in [0.25, 0.3) is 0 Å². The van der Waals surface area contributed by atoms with E-state index in [1.165, 1.54) is 34.8 Å². The Kier molecular flexibility index (Phi) is 7.27. The quantitative estimate of drug-likeness (QED) is 0.547. The second-order valence-electron chi connectivity index (χ2n) is 8.03. The van der Waals surface area contributed by atoms with E-state index in [9.17, 15) is 14.0 Å². The Bertz CT molecular complexity index is 1040. The van der Waals surface area contributed by atoms with Gasteiger partial charge in [-0.25, -0.2) is 4.39 Å². The minimum Gasteiger partial charge on any atom is -0.351 e. The van der Waals surface area contributed by atoms with Gasteiger partial charge in [0.2, 0.25) is 11.8 Å². The maximum atomic E-state index is 14.2. The van der Waals surface area contributed by atoms with Gasteiger partial charge in [0.15, 0.2) is 0 Å². The number of nitrogens with zero attached hydrogens (tertiary/aromatic N) is 2.